The van der Waals surface area contributed by atoms with Gasteiger partial charge in [-0.3, -0.25) is 9.69 Å². The number of hydrogen-bond acceptors (Lipinski definition) is 6. The van der Waals surface area contributed by atoms with Crippen LogP contribution in [0.3, 0.4) is 0 Å². The molecule has 1 atom stereocenters. The summed E-state index contributed by atoms with van der Waals surface area (Å²) in [5.74, 6) is 0.323. The summed E-state index contributed by atoms with van der Waals surface area (Å²) < 4.78 is 6.16. The van der Waals surface area contributed by atoms with E-state index in [1.165, 1.54) is 30.2 Å². The first kappa shape index (κ1) is 26.9. The third kappa shape index (κ3) is 7.06. The summed E-state index contributed by atoms with van der Waals surface area (Å²) in [7, 11) is 0. The number of carbonyl (C=O) groups excluding carboxylic acids is 1. The third-order valence-corrected chi connectivity index (χ3v) is 7.39. The molecule has 1 saturated heterocycles. The molecule has 1 unspecified atom stereocenters. The first-order valence-electron chi connectivity index (χ1n) is 13.3. The summed E-state index contributed by atoms with van der Waals surface area (Å²) >= 11 is 5.90. The molecule has 1 aliphatic heterocycles. The molecule has 39 heavy (non-hydrogen) atoms. The number of phenolic OH excluding ortho intramolecular Hbond substituents is 1. The Labute approximate surface area is 233 Å². The van der Waals surface area contributed by atoms with Gasteiger partial charge in [0, 0.05) is 48.7 Å². The molecule has 7 nitrogen and oxygen atoms in total. The summed E-state index contributed by atoms with van der Waals surface area (Å²) in [5, 5.41) is 19.4. The van der Waals surface area contributed by atoms with Crippen molar-refractivity contribution in [3.05, 3.63) is 94.5 Å². The quantitative estimate of drug-likeness (QED) is 0.184. The minimum Gasteiger partial charge on any atom is -0.506 e. The number of hydrogen-bond donors (Lipinski definition) is 3. The number of benzene rings is 3. The number of rotatable bonds is 10. The Morgan fingerprint density at radius 3 is 2.87 bits per heavy atom. The molecule has 3 aromatic rings. The Morgan fingerprint density at radius 2 is 2.05 bits per heavy atom. The van der Waals surface area contributed by atoms with Crippen molar-refractivity contribution < 1.29 is 14.6 Å². The van der Waals surface area contributed by atoms with Crippen molar-refractivity contribution in [1.82, 2.24) is 15.6 Å². The van der Waals surface area contributed by atoms with Gasteiger partial charge in [0.25, 0.3) is 5.91 Å². The van der Waals surface area contributed by atoms with Crippen LogP contribution in [0.15, 0.2) is 83.5 Å². The van der Waals surface area contributed by atoms with Gasteiger partial charge in [-0.2, -0.15) is 5.10 Å². The van der Waals surface area contributed by atoms with E-state index in [2.05, 4.69) is 39.0 Å². The number of nitrogens with one attached hydrogen (secondary N) is 2. The van der Waals surface area contributed by atoms with Crippen LogP contribution in [-0.4, -0.2) is 61.0 Å². The van der Waals surface area contributed by atoms with Gasteiger partial charge in [0.2, 0.25) is 0 Å². The van der Waals surface area contributed by atoms with Crippen LogP contribution in [-0.2, 0) is 0 Å². The van der Waals surface area contributed by atoms with Gasteiger partial charge in [-0.25, -0.2) is 5.43 Å². The third-order valence-electron chi connectivity index (χ3n) is 7.09. The van der Waals surface area contributed by atoms with Gasteiger partial charge in [-0.15, -0.1) is 0 Å². The Bertz CT molecular complexity index is 1420. The molecule has 0 spiro atoms. The number of ether oxygens (including phenoxy) is 1. The second kappa shape index (κ2) is 12.9. The molecular formula is C31H33ClN4O3. The van der Waals surface area contributed by atoms with Crippen molar-refractivity contribution >= 4 is 34.5 Å². The number of amides is 1. The molecule has 0 aromatic heterocycles. The molecule has 1 aliphatic carbocycles. The lowest BCUT2D eigenvalue weighted by atomic mass is 10.0. The number of halogens is 1. The van der Waals surface area contributed by atoms with Crippen LogP contribution >= 0.6 is 11.6 Å². The minimum atomic E-state index is -0.418. The van der Waals surface area contributed by atoms with Gasteiger partial charge in [0.05, 0.1) is 11.2 Å². The largest absolute Gasteiger partial charge is 0.506 e. The predicted octanol–water partition coefficient (Wildman–Crippen LogP) is 5.28. The summed E-state index contributed by atoms with van der Waals surface area (Å²) in [6.07, 6.45) is 11.8. The van der Waals surface area contributed by atoms with Crippen LogP contribution in [0.4, 0.5) is 0 Å². The van der Waals surface area contributed by atoms with Gasteiger partial charge >= 0.3 is 0 Å². The van der Waals surface area contributed by atoms with Crippen LogP contribution < -0.4 is 15.5 Å². The van der Waals surface area contributed by atoms with E-state index in [0.717, 1.165) is 61.1 Å². The van der Waals surface area contributed by atoms with Gasteiger partial charge in [0.1, 0.15) is 18.1 Å². The van der Waals surface area contributed by atoms with E-state index in [1.807, 2.05) is 36.4 Å². The second-order valence-corrected chi connectivity index (χ2v) is 10.3. The number of carbonyl (C=O) groups is 1. The predicted molar refractivity (Wildman–Crippen MR) is 157 cm³/mol. The van der Waals surface area contributed by atoms with Crippen LogP contribution in [0.1, 0.15) is 35.2 Å². The Hall–Kier alpha value is -3.65. The Balaban J connectivity index is 1.13. The molecule has 0 saturated carbocycles. The SMILES string of the molecule is O=C(N/N=C/c1ccc(OCCNC2CCN(CC3=CC=CCC3)C2)c2ccccc12)c1ccc(O)c(Cl)c1. The first-order valence-corrected chi connectivity index (χ1v) is 13.7. The fraction of sp³-hybridized carbons (Fsp3) is 0.290. The highest BCUT2D eigenvalue weighted by Gasteiger charge is 2.22. The number of phenols is 1. The maximum atomic E-state index is 12.4. The van der Waals surface area contributed by atoms with Crippen LogP contribution in [0.2, 0.25) is 5.02 Å². The van der Waals surface area contributed by atoms with Gasteiger partial charge in [-0.1, -0.05) is 59.7 Å². The lowest BCUT2D eigenvalue weighted by Gasteiger charge is -2.19. The summed E-state index contributed by atoms with van der Waals surface area (Å²) in [4.78, 5) is 14.9. The molecule has 3 N–H and O–H groups in total. The number of fused-ring (bicyclic) bond motifs is 1. The lowest BCUT2D eigenvalue weighted by molar-refractivity contribution is 0.0955. The Kier molecular flexibility index (Phi) is 8.93. The minimum absolute atomic E-state index is 0.0765. The normalized spacial score (nSPS) is 17.6. The van der Waals surface area contributed by atoms with E-state index >= 15 is 0 Å². The van der Waals surface area contributed by atoms with Gasteiger partial charge in [0.15, 0.2) is 0 Å². The second-order valence-electron chi connectivity index (χ2n) is 9.88. The van der Waals surface area contributed by atoms with Crippen molar-refractivity contribution in [2.24, 2.45) is 5.10 Å². The summed E-state index contributed by atoms with van der Waals surface area (Å²) in [6, 6.07) is 16.6. The van der Waals surface area contributed by atoms with Crippen molar-refractivity contribution in [3.63, 3.8) is 0 Å². The van der Waals surface area contributed by atoms with Gasteiger partial charge < -0.3 is 15.2 Å². The fourth-order valence-corrected chi connectivity index (χ4v) is 5.23. The molecule has 1 heterocycles. The maximum Gasteiger partial charge on any atom is 0.271 e. The highest BCUT2D eigenvalue weighted by atomic mass is 35.5. The van der Waals surface area contributed by atoms with Crippen molar-refractivity contribution in [2.75, 3.05) is 32.8 Å². The molecule has 0 bridgehead atoms. The molecule has 8 heteroatoms. The zero-order valence-electron chi connectivity index (χ0n) is 21.8. The van der Waals surface area contributed by atoms with E-state index in [-0.39, 0.29) is 10.8 Å². The van der Waals surface area contributed by atoms with Crippen LogP contribution in [0.25, 0.3) is 10.8 Å². The van der Waals surface area contributed by atoms with E-state index in [9.17, 15) is 9.90 Å². The fourth-order valence-electron chi connectivity index (χ4n) is 5.04. The smallest absolute Gasteiger partial charge is 0.271 e. The number of allylic oxidation sites excluding steroid dienone is 3. The zero-order valence-corrected chi connectivity index (χ0v) is 22.5. The molecule has 1 fully saturated rings. The van der Waals surface area contributed by atoms with E-state index < -0.39 is 5.91 Å². The van der Waals surface area contributed by atoms with E-state index in [4.69, 9.17) is 16.3 Å². The number of nitrogens with zero attached hydrogens (tertiary/aromatic N) is 2. The van der Waals surface area contributed by atoms with Crippen LogP contribution in [0, 0.1) is 0 Å². The van der Waals surface area contributed by atoms with E-state index in [1.54, 1.807) is 6.21 Å². The molecule has 5 rings (SSSR count). The van der Waals surface area contributed by atoms with Crippen molar-refractivity contribution in [1.29, 1.82) is 0 Å². The Morgan fingerprint density at radius 1 is 1.18 bits per heavy atom. The molecule has 1 amide bonds. The molecule has 202 valence electrons. The van der Waals surface area contributed by atoms with Crippen molar-refractivity contribution in [3.8, 4) is 11.5 Å². The number of likely N-dealkylation sites (tertiary alicyclic amines) is 1. The monoisotopic (exact) mass is 544 g/mol. The van der Waals surface area contributed by atoms with Crippen molar-refractivity contribution in [2.45, 2.75) is 25.3 Å². The summed E-state index contributed by atoms with van der Waals surface area (Å²) in [5.41, 5.74) is 5.21. The highest BCUT2D eigenvalue weighted by molar-refractivity contribution is 6.32. The van der Waals surface area contributed by atoms with E-state index in [0.29, 0.717) is 18.2 Å². The summed E-state index contributed by atoms with van der Waals surface area (Å²) in [6.45, 7) is 4.66. The first-order chi connectivity index (χ1) is 19.1. The topological polar surface area (TPSA) is 86.2 Å². The number of aromatic hydroxyl groups is 1. The van der Waals surface area contributed by atoms with Crippen LogP contribution in [0.5, 0.6) is 11.5 Å². The maximum absolute atomic E-state index is 12.4. The molecule has 2 aliphatic rings. The zero-order chi connectivity index (χ0) is 27.0. The molecule has 0 radical (unpaired) electrons. The van der Waals surface area contributed by atoms with Gasteiger partial charge in [-0.05, 0) is 55.0 Å². The average Bonchev–Trinajstić information content (AvgIpc) is 3.40. The number of hydrazone groups is 1. The average molecular weight is 545 g/mol. The highest BCUT2D eigenvalue weighted by Crippen LogP contribution is 2.28. The molecule has 3 aromatic carbocycles. The molecular weight excluding hydrogens is 512 g/mol. The lowest BCUT2D eigenvalue weighted by Crippen LogP contribution is -2.35. The standard InChI is InChI=1S/C31H33ClN4O3/c32-28-18-23(10-12-29(28)37)31(38)35-34-19-24-11-13-30(27-9-5-4-8-26(24)27)39-17-15-33-25-14-16-36(21-25)20-22-6-2-1-3-7-22/h1-2,4-6,8-13,18-19,25,33,37H,3,7,14-17,20-21H2,(H,35,38)/b34-19+.